The Hall–Kier alpha value is -2.02. The number of aryl methyl sites for hydroxylation is 1. The lowest BCUT2D eigenvalue weighted by Gasteiger charge is -2.09. The fourth-order valence-electron chi connectivity index (χ4n) is 1.45. The van der Waals surface area contributed by atoms with Crippen LogP contribution in [0.1, 0.15) is 11.3 Å². The standard InChI is InChI=1S/C11H11F2N3O2/c1-7-2-3-9(4-10(7)18-11(12)13)16-5-8(6-17)14-15-16/h2-5,11,17H,6H2,1H3. The highest BCUT2D eigenvalue weighted by Gasteiger charge is 2.10. The average Bonchev–Trinajstić information content (AvgIpc) is 2.80. The molecule has 1 N–H and O–H groups in total. The van der Waals surface area contributed by atoms with Crippen LogP contribution in [0.3, 0.4) is 0 Å². The fourth-order valence-corrected chi connectivity index (χ4v) is 1.45. The molecule has 0 saturated heterocycles. The molecule has 2 rings (SSSR count). The van der Waals surface area contributed by atoms with Gasteiger partial charge in [0.15, 0.2) is 0 Å². The molecule has 0 spiro atoms. The highest BCUT2D eigenvalue weighted by Crippen LogP contribution is 2.23. The third kappa shape index (κ3) is 2.62. The van der Waals surface area contributed by atoms with Crippen LogP contribution in [-0.2, 0) is 6.61 Å². The number of halogens is 2. The quantitative estimate of drug-likeness (QED) is 0.902. The van der Waals surface area contributed by atoms with Gasteiger partial charge in [-0.15, -0.1) is 5.10 Å². The van der Waals surface area contributed by atoms with E-state index < -0.39 is 6.61 Å². The summed E-state index contributed by atoms with van der Waals surface area (Å²) in [6, 6.07) is 4.79. The Balaban J connectivity index is 2.33. The molecule has 0 unspecified atom stereocenters. The van der Waals surface area contributed by atoms with E-state index in [2.05, 4.69) is 15.0 Å². The topological polar surface area (TPSA) is 60.2 Å². The smallest absolute Gasteiger partial charge is 0.387 e. The van der Waals surface area contributed by atoms with Crippen LogP contribution in [0, 0.1) is 6.92 Å². The molecule has 1 aromatic heterocycles. The van der Waals surface area contributed by atoms with Crippen molar-refractivity contribution >= 4 is 0 Å². The van der Waals surface area contributed by atoms with Gasteiger partial charge >= 0.3 is 6.61 Å². The van der Waals surface area contributed by atoms with Gasteiger partial charge in [-0.1, -0.05) is 11.3 Å². The maximum atomic E-state index is 12.2. The molecule has 0 atom stereocenters. The van der Waals surface area contributed by atoms with Crippen molar-refractivity contribution in [2.24, 2.45) is 0 Å². The molecule has 0 aliphatic heterocycles. The molecule has 0 amide bonds. The summed E-state index contributed by atoms with van der Waals surface area (Å²) < 4.78 is 30.2. The Morgan fingerprint density at radius 3 is 2.83 bits per heavy atom. The Kier molecular flexibility index (Phi) is 3.52. The monoisotopic (exact) mass is 255 g/mol. The van der Waals surface area contributed by atoms with Gasteiger partial charge in [0, 0.05) is 6.07 Å². The number of hydrogen-bond acceptors (Lipinski definition) is 4. The molecule has 18 heavy (non-hydrogen) atoms. The minimum atomic E-state index is -2.87. The van der Waals surface area contributed by atoms with Gasteiger partial charge in [0.25, 0.3) is 0 Å². The van der Waals surface area contributed by atoms with Crippen LogP contribution in [0.4, 0.5) is 8.78 Å². The third-order valence-corrected chi connectivity index (χ3v) is 2.36. The van der Waals surface area contributed by atoms with E-state index in [1.807, 2.05) is 0 Å². The normalized spacial score (nSPS) is 10.9. The molecule has 1 aromatic carbocycles. The maximum Gasteiger partial charge on any atom is 0.387 e. The molecule has 2 aromatic rings. The molecule has 96 valence electrons. The molecule has 0 radical (unpaired) electrons. The number of hydrogen-bond donors (Lipinski definition) is 1. The first kappa shape index (κ1) is 12.4. The second kappa shape index (κ2) is 5.09. The first-order valence-electron chi connectivity index (χ1n) is 5.18. The molecule has 7 heteroatoms. The van der Waals surface area contributed by atoms with Gasteiger partial charge in [-0.25, -0.2) is 4.68 Å². The van der Waals surface area contributed by atoms with E-state index in [-0.39, 0.29) is 12.4 Å². The number of rotatable bonds is 4. The Morgan fingerprint density at radius 1 is 1.44 bits per heavy atom. The van der Waals surface area contributed by atoms with Crippen LogP contribution >= 0.6 is 0 Å². The second-order valence-corrected chi connectivity index (χ2v) is 3.64. The average molecular weight is 255 g/mol. The lowest BCUT2D eigenvalue weighted by molar-refractivity contribution is -0.0502. The molecular weight excluding hydrogens is 244 g/mol. The van der Waals surface area contributed by atoms with Gasteiger partial charge in [-0.3, -0.25) is 0 Å². The summed E-state index contributed by atoms with van der Waals surface area (Å²) in [5, 5.41) is 16.3. The van der Waals surface area contributed by atoms with E-state index in [9.17, 15) is 8.78 Å². The second-order valence-electron chi connectivity index (χ2n) is 3.64. The molecule has 0 aliphatic carbocycles. The van der Waals surface area contributed by atoms with Crippen molar-refractivity contribution < 1.29 is 18.6 Å². The van der Waals surface area contributed by atoms with Crippen molar-refractivity contribution in [2.45, 2.75) is 20.1 Å². The van der Waals surface area contributed by atoms with Gasteiger partial charge in [-0.2, -0.15) is 8.78 Å². The third-order valence-electron chi connectivity index (χ3n) is 2.36. The molecule has 5 nitrogen and oxygen atoms in total. The number of aromatic nitrogens is 3. The first-order chi connectivity index (χ1) is 8.60. The number of aliphatic hydroxyl groups is 1. The van der Waals surface area contributed by atoms with Crippen LogP contribution < -0.4 is 4.74 Å². The summed E-state index contributed by atoms with van der Waals surface area (Å²) in [7, 11) is 0. The zero-order valence-electron chi connectivity index (χ0n) is 9.55. The van der Waals surface area contributed by atoms with Crippen molar-refractivity contribution in [2.75, 3.05) is 0 Å². The molecule has 1 heterocycles. The minimum absolute atomic E-state index is 0.0866. The molecular formula is C11H11F2N3O2. The lowest BCUT2D eigenvalue weighted by Crippen LogP contribution is -2.04. The largest absolute Gasteiger partial charge is 0.434 e. The summed E-state index contributed by atoms with van der Waals surface area (Å²) in [5.74, 6) is 0.0866. The Labute approximate surface area is 102 Å². The highest BCUT2D eigenvalue weighted by molar-refractivity contribution is 5.43. The number of aliphatic hydroxyl groups excluding tert-OH is 1. The van der Waals surface area contributed by atoms with E-state index >= 15 is 0 Å². The predicted octanol–water partition coefficient (Wildman–Crippen LogP) is 1.67. The summed E-state index contributed by atoms with van der Waals surface area (Å²) in [5.41, 5.74) is 1.52. The lowest BCUT2D eigenvalue weighted by atomic mass is 10.2. The van der Waals surface area contributed by atoms with E-state index in [1.165, 1.54) is 16.9 Å². The fraction of sp³-hybridized carbons (Fsp3) is 0.273. The van der Waals surface area contributed by atoms with E-state index in [0.717, 1.165) is 0 Å². The van der Waals surface area contributed by atoms with Crippen molar-refractivity contribution in [3.63, 3.8) is 0 Å². The number of alkyl halides is 2. The number of nitrogens with zero attached hydrogens (tertiary/aromatic N) is 3. The molecule has 0 saturated carbocycles. The summed E-state index contributed by atoms with van der Waals surface area (Å²) >= 11 is 0. The van der Waals surface area contributed by atoms with Gasteiger partial charge in [0.2, 0.25) is 0 Å². The van der Waals surface area contributed by atoms with Crippen molar-refractivity contribution in [3.8, 4) is 11.4 Å². The van der Waals surface area contributed by atoms with E-state index in [1.54, 1.807) is 19.1 Å². The van der Waals surface area contributed by atoms with E-state index in [4.69, 9.17) is 5.11 Å². The van der Waals surface area contributed by atoms with Crippen LogP contribution in [-0.4, -0.2) is 26.7 Å². The maximum absolute atomic E-state index is 12.2. The van der Waals surface area contributed by atoms with Crippen LogP contribution in [0.15, 0.2) is 24.4 Å². The van der Waals surface area contributed by atoms with Gasteiger partial charge < -0.3 is 9.84 Å². The summed E-state index contributed by atoms with van der Waals surface area (Å²) in [6.07, 6.45) is 1.51. The van der Waals surface area contributed by atoms with Crippen LogP contribution in [0.2, 0.25) is 0 Å². The molecule has 0 fully saturated rings. The van der Waals surface area contributed by atoms with Crippen LogP contribution in [0.25, 0.3) is 5.69 Å². The number of ether oxygens (including phenoxy) is 1. The minimum Gasteiger partial charge on any atom is -0.434 e. The Bertz CT molecular complexity index is 543. The van der Waals surface area contributed by atoms with Crippen molar-refractivity contribution in [3.05, 3.63) is 35.7 Å². The predicted molar refractivity (Wildman–Crippen MR) is 58.7 cm³/mol. The SMILES string of the molecule is Cc1ccc(-n2cc(CO)nn2)cc1OC(F)F. The Morgan fingerprint density at radius 2 is 2.22 bits per heavy atom. The van der Waals surface area contributed by atoms with Crippen LogP contribution in [0.5, 0.6) is 5.75 Å². The van der Waals surface area contributed by atoms with Crippen molar-refractivity contribution in [1.82, 2.24) is 15.0 Å². The summed E-state index contributed by atoms with van der Waals surface area (Å²) in [6.45, 7) is -1.43. The number of benzene rings is 1. The van der Waals surface area contributed by atoms with Crippen molar-refractivity contribution in [1.29, 1.82) is 0 Å². The first-order valence-corrected chi connectivity index (χ1v) is 5.18. The van der Waals surface area contributed by atoms with Gasteiger partial charge in [0.05, 0.1) is 18.5 Å². The van der Waals surface area contributed by atoms with Gasteiger partial charge in [0.1, 0.15) is 11.4 Å². The molecule has 0 aliphatic rings. The molecule has 0 bridgehead atoms. The zero-order chi connectivity index (χ0) is 13.1. The summed E-state index contributed by atoms with van der Waals surface area (Å²) in [4.78, 5) is 0. The zero-order valence-corrected chi connectivity index (χ0v) is 9.55. The highest BCUT2D eigenvalue weighted by atomic mass is 19.3. The van der Waals surface area contributed by atoms with E-state index in [0.29, 0.717) is 16.9 Å². The van der Waals surface area contributed by atoms with Gasteiger partial charge in [-0.05, 0) is 18.6 Å².